The highest BCUT2D eigenvalue weighted by atomic mass is 32.1. The molecule has 0 amide bonds. The molecule has 2 aromatic rings. The Kier molecular flexibility index (Phi) is 5.66. The van der Waals surface area contributed by atoms with Crippen LogP contribution in [0.3, 0.4) is 0 Å². The van der Waals surface area contributed by atoms with Gasteiger partial charge < -0.3 is 15.4 Å². The quantitative estimate of drug-likeness (QED) is 0.826. The molecule has 2 aromatic carbocycles. The zero-order chi connectivity index (χ0) is 15.9. The van der Waals surface area contributed by atoms with Gasteiger partial charge in [0.25, 0.3) is 0 Å². The van der Waals surface area contributed by atoms with Gasteiger partial charge in [0, 0.05) is 7.05 Å². The van der Waals surface area contributed by atoms with Crippen LogP contribution in [-0.4, -0.2) is 18.8 Å². The van der Waals surface area contributed by atoms with E-state index in [1.807, 2.05) is 30.3 Å². The van der Waals surface area contributed by atoms with E-state index in [1.165, 1.54) is 12.1 Å². The monoisotopic (exact) mass is 322 g/mol. The van der Waals surface area contributed by atoms with E-state index >= 15 is 0 Å². The summed E-state index contributed by atoms with van der Waals surface area (Å²) in [5, 5.41) is 6.56. The Hall–Kier alpha value is -2.21. The molecule has 0 saturated heterocycles. The van der Waals surface area contributed by atoms with Crippen molar-refractivity contribution in [3.63, 3.8) is 0 Å². The molecule has 0 aromatic heterocycles. The van der Waals surface area contributed by atoms with Crippen molar-refractivity contribution in [2.75, 3.05) is 7.05 Å². The van der Waals surface area contributed by atoms with Crippen molar-refractivity contribution in [3.8, 4) is 5.75 Å². The highest BCUT2D eigenvalue weighted by Gasteiger charge is 2.15. The minimum atomic E-state index is -2.83. The summed E-state index contributed by atoms with van der Waals surface area (Å²) in [4.78, 5) is 0. The van der Waals surface area contributed by atoms with Gasteiger partial charge >= 0.3 is 6.61 Å². The van der Waals surface area contributed by atoms with Crippen LogP contribution in [0, 0.1) is 0 Å². The number of thiocarbonyl (C=S) groups is 1. The van der Waals surface area contributed by atoms with Crippen LogP contribution in [0.1, 0.15) is 17.2 Å². The van der Waals surface area contributed by atoms with Gasteiger partial charge in [-0.3, -0.25) is 0 Å². The lowest BCUT2D eigenvalue weighted by Crippen LogP contribution is -2.36. The fourth-order valence-corrected chi connectivity index (χ4v) is 2.17. The van der Waals surface area contributed by atoms with Crippen molar-refractivity contribution >= 4 is 17.3 Å². The molecule has 0 unspecified atom stereocenters. The molecule has 0 aliphatic rings. The average molecular weight is 322 g/mol. The van der Waals surface area contributed by atoms with E-state index in [1.54, 1.807) is 19.2 Å². The molecule has 6 heteroatoms. The maximum Gasteiger partial charge on any atom is 0.387 e. The molecule has 0 fully saturated rings. The summed E-state index contributed by atoms with van der Waals surface area (Å²) >= 11 is 5.17. The molecule has 2 N–H and O–H groups in total. The summed E-state index contributed by atoms with van der Waals surface area (Å²) in [6, 6.07) is 16.1. The molecule has 0 bridgehead atoms. The molecule has 0 aliphatic carbocycles. The Morgan fingerprint density at radius 1 is 1.00 bits per heavy atom. The molecule has 0 heterocycles. The molecule has 116 valence electrons. The zero-order valence-corrected chi connectivity index (χ0v) is 12.7. The van der Waals surface area contributed by atoms with E-state index in [4.69, 9.17) is 12.2 Å². The fraction of sp³-hybridized carbons (Fsp3) is 0.188. The summed E-state index contributed by atoms with van der Waals surface area (Å²) in [7, 11) is 1.73. The predicted molar refractivity (Wildman–Crippen MR) is 86.2 cm³/mol. The maximum atomic E-state index is 12.2. The van der Waals surface area contributed by atoms with E-state index in [2.05, 4.69) is 15.4 Å². The Morgan fingerprint density at radius 2 is 1.59 bits per heavy atom. The number of benzene rings is 2. The molecule has 0 radical (unpaired) electrons. The lowest BCUT2D eigenvalue weighted by Gasteiger charge is -2.21. The van der Waals surface area contributed by atoms with Crippen LogP contribution in [0.2, 0.25) is 0 Å². The zero-order valence-electron chi connectivity index (χ0n) is 11.9. The lowest BCUT2D eigenvalue weighted by molar-refractivity contribution is -0.0498. The van der Waals surface area contributed by atoms with Crippen molar-refractivity contribution in [1.29, 1.82) is 0 Å². The predicted octanol–water partition coefficient (Wildman–Crippen LogP) is 3.47. The number of ether oxygens (including phenoxy) is 1. The molecule has 0 spiro atoms. The maximum absolute atomic E-state index is 12.2. The SMILES string of the molecule is CNC(=S)N[C@H](c1ccccc1)c1ccc(OC(F)F)cc1. The summed E-state index contributed by atoms with van der Waals surface area (Å²) in [6.07, 6.45) is 0. The fourth-order valence-electron chi connectivity index (χ4n) is 2.05. The van der Waals surface area contributed by atoms with Gasteiger partial charge in [0.2, 0.25) is 0 Å². The Morgan fingerprint density at radius 3 is 2.14 bits per heavy atom. The topological polar surface area (TPSA) is 33.3 Å². The van der Waals surface area contributed by atoms with Crippen molar-refractivity contribution in [1.82, 2.24) is 10.6 Å². The van der Waals surface area contributed by atoms with Gasteiger partial charge in [0.15, 0.2) is 5.11 Å². The first kappa shape index (κ1) is 16.2. The van der Waals surface area contributed by atoms with Crippen molar-refractivity contribution in [2.24, 2.45) is 0 Å². The van der Waals surface area contributed by atoms with Crippen LogP contribution in [-0.2, 0) is 0 Å². The third-order valence-corrected chi connectivity index (χ3v) is 3.40. The van der Waals surface area contributed by atoms with Crippen LogP contribution in [0.15, 0.2) is 54.6 Å². The molecule has 0 saturated carbocycles. The van der Waals surface area contributed by atoms with E-state index < -0.39 is 6.61 Å². The molecular formula is C16H16F2N2OS. The Balaban J connectivity index is 2.26. The van der Waals surface area contributed by atoms with Crippen molar-refractivity contribution in [2.45, 2.75) is 12.7 Å². The van der Waals surface area contributed by atoms with Gasteiger partial charge in [-0.1, -0.05) is 42.5 Å². The average Bonchev–Trinajstić information content (AvgIpc) is 2.53. The lowest BCUT2D eigenvalue weighted by atomic mass is 9.99. The van der Waals surface area contributed by atoms with Gasteiger partial charge in [0.1, 0.15) is 5.75 Å². The number of nitrogens with one attached hydrogen (secondary N) is 2. The summed E-state index contributed by atoms with van der Waals surface area (Å²) < 4.78 is 28.8. The van der Waals surface area contributed by atoms with Gasteiger partial charge in [-0.2, -0.15) is 8.78 Å². The van der Waals surface area contributed by atoms with E-state index in [9.17, 15) is 8.78 Å². The number of alkyl halides is 2. The number of rotatable bonds is 5. The molecule has 0 aliphatic heterocycles. The van der Waals surface area contributed by atoms with Crippen LogP contribution < -0.4 is 15.4 Å². The van der Waals surface area contributed by atoms with E-state index in [0.29, 0.717) is 5.11 Å². The molecule has 1 atom stereocenters. The van der Waals surface area contributed by atoms with Gasteiger partial charge in [-0.15, -0.1) is 0 Å². The molecule has 3 nitrogen and oxygen atoms in total. The minimum Gasteiger partial charge on any atom is -0.435 e. The smallest absolute Gasteiger partial charge is 0.387 e. The van der Waals surface area contributed by atoms with Crippen LogP contribution >= 0.6 is 12.2 Å². The van der Waals surface area contributed by atoms with E-state index in [-0.39, 0.29) is 11.8 Å². The first-order valence-corrected chi connectivity index (χ1v) is 7.09. The molecule has 2 rings (SSSR count). The van der Waals surface area contributed by atoms with Gasteiger partial charge in [-0.25, -0.2) is 0 Å². The first-order valence-electron chi connectivity index (χ1n) is 6.68. The van der Waals surface area contributed by atoms with Crippen molar-refractivity contribution in [3.05, 3.63) is 65.7 Å². The first-order chi connectivity index (χ1) is 10.6. The van der Waals surface area contributed by atoms with Crippen LogP contribution in [0.25, 0.3) is 0 Å². The highest BCUT2D eigenvalue weighted by Crippen LogP contribution is 2.24. The third kappa shape index (κ3) is 4.39. The Bertz CT molecular complexity index is 605. The number of halogens is 2. The van der Waals surface area contributed by atoms with Crippen LogP contribution in [0.5, 0.6) is 5.75 Å². The second-order valence-corrected chi connectivity index (χ2v) is 4.92. The highest BCUT2D eigenvalue weighted by molar-refractivity contribution is 7.80. The molecule has 22 heavy (non-hydrogen) atoms. The number of hydrogen-bond acceptors (Lipinski definition) is 2. The molecular weight excluding hydrogens is 306 g/mol. The minimum absolute atomic E-state index is 0.127. The van der Waals surface area contributed by atoms with Gasteiger partial charge in [-0.05, 0) is 35.5 Å². The van der Waals surface area contributed by atoms with Crippen molar-refractivity contribution < 1.29 is 13.5 Å². The summed E-state index contributed by atoms with van der Waals surface area (Å²) in [5.41, 5.74) is 1.91. The second-order valence-electron chi connectivity index (χ2n) is 4.51. The number of hydrogen-bond donors (Lipinski definition) is 2. The van der Waals surface area contributed by atoms with Gasteiger partial charge in [0.05, 0.1) is 6.04 Å². The third-order valence-electron chi connectivity index (χ3n) is 3.07. The summed E-state index contributed by atoms with van der Waals surface area (Å²) in [6.45, 7) is -2.83. The standard InChI is InChI=1S/C16H16F2N2OS/c1-19-16(22)20-14(11-5-3-2-4-6-11)12-7-9-13(10-8-12)21-15(17)18/h2-10,14-15H,1H3,(H2,19,20,22)/t14-/m1/s1. The largest absolute Gasteiger partial charge is 0.435 e. The van der Waals surface area contributed by atoms with Crippen LogP contribution in [0.4, 0.5) is 8.78 Å². The summed E-state index contributed by atoms with van der Waals surface area (Å²) in [5.74, 6) is 0.127. The normalized spacial score (nSPS) is 11.8. The van der Waals surface area contributed by atoms with E-state index in [0.717, 1.165) is 11.1 Å². The Labute approximate surface area is 133 Å². The second kappa shape index (κ2) is 7.70.